The van der Waals surface area contributed by atoms with E-state index in [0.29, 0.717) is 11.4 Å². The van der Waals surface area contributed by atoms with Crippen LogP contribution in [-0.2, 0) is 5.41 Å². The van der Waals surface area contributed by atoms with Crippen molar-refractivity contribution in [1.82, 2.24) is 20.2 Å². The van der Waals surface area contributed by atoms with Crippen LogP contribution in [0.1, 0.15) is 48.0 Å². The molecule has 2 aromatic heterocycles. The van der Waals surface area contributed by atoms with Crippen LogP contribution in [-0.4, -0.2) is 26.9 Å². The summed E-state index contributed by atoms with van der Waals surface area (Å²) in [4.78, 5) is 17.1. The van der Waals surface area contributed by atoms with Gasteiger partial charge in [0.15, 0.2) is 0 Å². The van der Waals surface area contributed by atoms with Crippen molar-refractivity contribution in [3.63, 3.8) is 0 Å². The van der Waals surface area contributed by atoms with Crippen molar-refractivity contribution in [2.45, 2.75) is 33.1 Å². The van der Waals surface area contributed by atoms with E-state index in [9.17, 15) is 4.79 Å². The molecule has 0 saturated carbocycles. The summed E-state index contributed by atoms with van der Waals surface area (Å²) >= 11 is 0. The normalized spacial score (nSPS) is 11.6. The Bertz CT molecular complexity index is 1280. The third-order valence-electron chi connectivity index (χ3n) is 5.42. The predicted octanol–water partition coefficient (Wildman–Crippen LogP) is 5.30. The van der Waals surface area contributed by atoms with E-state index in [1.54, 1.807) is 29.4 Å². The Balaban J connectivity index is 1.60. The average molecular weight is 438 g/mol. The first-order chi connectivity index (χ1) is 15.8. The first-order valence-electron chi connectivity index (χ1n) is 10.8. The van der Waals surface area contributed by atoms with Gasteiger partial charge >= 0.3 is 0 Å². The van der Waals surface area contributed by atoms with E-state index >= 15 is 0 Å². The van der Waals surface area contributed by atoms with Gasteiger partial charge in [-0.05, 0) is 53.3 Å². The number of hydrogen-bond acceptors (Lipinski definition) is 4. The zero-order chi connectivity index (χ0) is 23.4. The van der Waals surface area contributed by atoms with Crippen molar-refractivity contribution in [2.75, 3.05) is 0 Å². The number of nitrogens with one attached hydrogen (secondary N) is 1. The minimum absolute atomic E-state index is 0.0877. The van der Waals surface area contributed by atoms with Crippen LogP contribution in [0.2, 0.25) is 0 Å². The molecule has 0 bridgehead atoms. The second kappa shape index (κ2) is 9.20. The number of benzene rings is 2. The molecule has 0 atom stereocenters. The summed E-state index contributed by atoms with van der Waals surface area (Å²) in [6.45, 7) is 8.51. The molecule has 0 spiro atoms. The fourth-order valence-corrected chi connectivity index (χ4v) is 3.48. The molecular weight excluding hydrogens is 410 g/mol. The zero-order valence-electron chi connectivity index (χ0n) is 19.3. The van der Waals surface area contributed by atoms with Crippen LogP contribution in [0, 0.1) is 6.92 Å². The zero-order valence-corrected chi connectivity index (χ0v) is 19.3. The molecule has 0 saturated heterocycles. The molecule has 33 heavy (non-hydrogen) atoms. The Hall–Kier alpha value is -4.06. The van der Waals surface area contributed by atoms with Crippen molar-refractivity contribution in [3.05, 3.63) is 102 Å². The predicted molar refractivity (Wildman–Crippen MR) is 132 cm³/mol. The maximum atomic E-state index is 13.1. The number of carbonyl (C=O) groups is 1. The molecule has 0 radical (unpaired) electrons. The molecule has 4 rings (SSSR count). The van der Waals surface area contributed by atoms with Crippen molar-refractivity contribution < 1.29 is 4.79 Å². The van der Waals surface area contributed by atoms with E-state index in [2.05, 4.69) is 48.4 Å². The van der Waals surface area contributed by atoms with E-state index in [1.165, 1.54) is 5.56 Å². The Labute approximate surface area is 194 Å². The summed E-state index contributed by atoms with van der Waals surface area (Å²) < 4.78 is 1.66. The molecule has 0 unspecified atom stereocenters. The highest BCUT2D eigenvalue weighted by molar-refractivity contribution is 5.95. The van der Waals surface area contributed by atoms with Gasteiger partial charge in [0.05, 0.1) is 17.6 Å². The number of aromatic nitrogens is 3. The van der Waals surface area contributed by atoms with Gasteiger partial charge < -0.3 is 0 Å². The average Bonchev–Trinajstić information content (AvgIpc) is 3.25. The smallest absolute Gasteiger partial charge is 0.266 e. The van der Waals surface area contributed by atoms with Crippen molar-refractivity contribution >= 4 is 12.1 Å². The third kappa shape index (κ3) is 5.06. The van der Waals surface area contributed by atoms with Crippen LogP contribution in [0.3, 0.4) is 0 Å². The van der Waals surface area contributed by atoms with Crippen LogP contribution < -0.4 is 5.43 Å². The van der Waals surface area contributed by atoms with Crippen LogP contribution in [0.4, 0.5) is 0 Å². The molecular formula is C27H27N5O. The lowest BCUT2D eigenvalue weighted by molar-refractivity contribution is 0.0947. The Morgan fingerprint density at radius 2 is 1.70 bits per heavy atom. The lowest BCUT2D eigenvalue weighted by Gasteiger charge is -2.18. The topological polar surface area (TPSA) is 72.2 Å². The number of nitrogens with zero attached hydrogens (tertiary/aromatic N) is 4. The first kappa shape index (κ1) is 22.1. The molecule has 2 aromatic carbocycles. The molecule has 1 N–H and O–H groups in total. The molecule has 0 fully saturated rings. The van der Waals surface area contributed by atoms with E-state index < -0.39 is 0 Å². The van der Waals surface area contributed by atoms with Crippen molar-refractivity contribution in [2.24, 2.45) is 5.10 Å². The number of hydrogen-bond donors (Lipinski definition) is 1. The molecule has 2 heterocycles. The summed E-state index contributed by atoms with van der Waals surface area (Å²) in [6, 6.07) is 21.5. The highest BCUT2D eigenvalue weighted by Crippen LogP contribution is 2.23. The summed E-state index contributed by atoms with van der Waals surface area (Å²) in [5, 5.41) is 8.88. The Kier molecular flexibility index (Phi) is 6.18. The SMILES string of the molecule is Cc1ccccc1-n1nc(-c2ccncc2)cc1C(=O)N/N=C/c1ccc(C(C)(C)C)cc1. The van der Waals surface area contributed by atoms with Gasteiger partial charge in [-0.1, -0.05) is 63.2 Å². The van der Waals surface area contributed by atoms with Gasteiger partial charge in [0.25, 0.3) is 5.91 Å². The second-order valence-corrected chi connectivity index (χ2v) is 8.92. The molecule has 6 heteroatoms. The number of aryl methyl sites for hydroxylation is 1. The fourth-order valence-electron chi connectivity index (χ4n) is 3.48. The summed E-state index contributed by atoms with van der Waals surface area (Å²) in [5.74, 6) is -0.339. The van der Waals surface area contributed by atoms with Gasteiger partial charge in [-0.3, -0.25) is 9.78 Å². The lowest BCUT2D eigenvalue weighted by Crippen LogP contribution is -2.21. The van der Waals surface area contributed by atoms with Crippen LogP contribution in [0.5, 0.6) is 0 Å². The standard InChI is InChI=1S/C27H27N5O/c1-19-7-5-6-8-24(19)32-25(17-23(31-32)21-13-15-28-16-14-21)26(33)30-29-18-20-9-11-22(12-10-20)27(2,3)4/h5-18H,1-4H3,(H,30,33)/b29-18+. The first-order valence-corrected chi connectivity index (χ1v) is 10.8. The second-order valence-electron chi connectivity index (χ2n) is 8.92. The maximum absolute atomic E-state index is 13.1. The summed E-state index contributed by atoms with van der Waals surface area (Å²) in [6.07, 6.45) is 5.05. The van der Waals surface area contributed by atoms with Gasteiger partial charge in [-0.15, -0.1) is 0 Å². The molecule has 166 valence electrons. The maximum Gasteiger partial charge on any atom is 0.290 e. The molecule has 1 amide bonds. The van der Waals surface area contributed by atoms with Gasteiger partial charge in [0.2, 0.25) is 0 Å². The fraction of sp³-hybridized carbons (Fsp3) is 0.185. The number of amides is 1. The van der Waals surface area contributed by atoms with Crippen LogP contribution >= 0.6 is 0 Å². The van der Waals surface area contributed by atoms with Gasteiger partial charge in [-0.25, -0.2) is 10.1 Å². The molecule has 0 aliphatic heterocycles. The van der Waals surface area contributed by atoms with Crippen molar-refractivity contribution in [1.29, 1.82) is 0 Å². The summed E-state index contributed by atoms with van der Waals surface area (Å²) in [7, 11) is 0. The van der Waals surface area contributed by atoms with Crippen LogP contribution in [0.25, 0.3) is 16.9 Å². The largest absolute Gasteiger partial charge is 0.290 e. The van der Waals surface area contributed by atoms with E-state index in [-0.39, 0.29) is 11.3 Å². The summed E-state index contributed by atoms with van der Waals surface area (Å²) in [5.41, 5.74) is 8.71. The molecule has 6 nitrogen and oxygen atoms in total. The highest BCUT2D eigenvalue weighted by Gasteiger charge is 2.18. The van der Waals surface area contributed by atoms with Gasteiger partial charge in [0, 0.05) is 18.0 Å². The third-order valence-corrected chi connectivity index (χ3v) is 5.42. The van der Waals surface area contributed by atoms with Gasteiger partial charge in [-0.2, -0.15) is 10.2 Å². The monoisotopic (exact) mass is 437 g/mol. The Morgan fingerprint density at radius 1 is 1.00 bits per heavy atom. The highest BCUT2D eigenvalue weighted by atomic mass is 16.2. The van der Waals surface area contributed by atoms with E-state index in [4.69, 9.17) is 5.10 Å². The number of pyridine rings is 1. The number of rotatable bonds is 5. The van der Waals surface area contributed by atoms with E-state index in [1.807, 2.05) is 55.5 Å². The van der Waals surface area contributed by atoms with E-state index in [0.717, 1.165) is 22.4 Å². The molecule has 0 aliphatic carbocycles. The molecule has 4 aromatic rings. The number of para-hydroxylation sites is 1. The van der Waals surface area contributed by atoms with Crippen LogP contribution in [0.15, 0.2) is 84.2 Å². The Morgan fingerprint density at radius 3 is 2.36 bits per heavy atom. The minimum atomic E-state index is -0.339. The number of hydrazone groups is 1. The number of carbonyl (C=O) groups excluding carboxylic acids is 1. The van der Waals surface area contributed by atoms with Gasteiger partial charge in [0.1, 0.15) is 5.69 Å². The lowest BCUT2D eigenvalue weighted by atomic mass is 9.87. The quantitative estimate of drug-likeness (QED) is 0.340. The molecule has 0 aliphatic rings. The van der Waals surface area contributed by atoms with Crippen molar-refractivity contribution in [3.8, 4) is 16.9 Å². The minimum Gasteiger partial charge on any atom is -0.266 e.